The molecular weight excluding hydrogens is 524 g/mol. The molecule has 0 bridgehead atoms. The van der Waals surface area contributed by atoms with Gasteiger partial charge in [-0.3, -0.25) is 9.59 Å². The Labute approximate surface area is 238 Å². The molecule has 1 spiro atoms. The first-order valence-corrected chi connectivity index (χ1v) is 13.8. The topological polar surface area (TPSA) is 134 Å². The van der Waals surface area contributed by atoms with Crippen LogP contribution >= 0.6 is 0 Å². The summed E-state index contributed by atoms with van der Waals surface area (Å²) in [6, 6.07) is 14.0. The van der Waals surface area contributed by atoms with E-state index >= 15 is 0 Å². The highest BCUT2D eigenvalue weighted by Crippen LogP contribution is 2.57. The fourth-order valence-electron chi connectivity index (χ4n) is 5.19. The van der Waals surface area contributed by atoms with Crippen molar-refractivity contribution in [2.75, 3.05) is 13.1 Å². The van der Waals surface area contributed by atoms with Crippen LogP contribution in [0, 0.1) is 5.41 Å². The molecule has 41 heavy (non-hydrogen) atoms. The Morgan fingerprint density at radius 3 is 2.10 bits per heavy atom. The molecule has 2 amide bonds. The highest BCUT2D eigenvalue weighted by atomic mass is 16.6. The zero-order valence-corrected chi connectivity index (χ0v) is 23.4. The number of aromatic hydroxyl groups is 2. The van der Waals surface area contributed by atoms with Gasteiger partial charge in [0.2, 0.25) is 5.91 Å². The number of ether oxygens (including phenoxy) is 2. The van der Waals surface area contributed by atoms with Gasteiger partial charge in [0.05, 0.1) is 5.56 Å². The predicted octanol–water partition coefficient (Wildman–Crippen LogP) is 5.12. The van der Waals surface area contributed by atoms with Gasteiger partial charge in [-0.1, -0.05) is 33.3 Å². The molecule has 3 aromatic carbocycles. The van der Waals surface area contributed by atoms with Gasteiger partial charge in [0, 0.05) is 53.9 Å². The largest absolute Gasteiger partial charge is 0.508 e. The number of amides is 2. The molecule has 0 aromatic heterocycles. The molecule has 0 atom stereocenters. The van der Waals surface area contributed by atoms with Gasteiger partial charge >= 0.3 is 5.97 Å². The Morgan fingerprint density at radius 1 is 0.829 bits per heavy atom. The fourth-order valence-corrected chi connectivity index (χ4v) is 5.19. The number of phenols is 2. The summed E-state index contributed by atoms with van der Waals surface area (Å²) >= 11 is 0. The normalized spacial score (nSPS) is 14.4. The molecular formula is C32H34N2O7. The van der Waals surface area contributed by atoms with E-state index in [2.05, 4.69) is 31.4 Å². The third kappa shape index (κ3) is 5.57. The Balaban J connectivity index is 1.28. The summed E-state index contributed by atoms with van der Waals surface area (Å²) in [5.41, 5.74) is 0.816. The summed E-state index contributed by atoms with van der Waals surface area (Å²) in [7, 11) is 0. The Kier molecular flexibility index (Phi) is 7.38. The second kappa shape index (κ2) is 10.8. The number of fused-ring (bicyclic) bond motifs is 6. The number of carbonyl (C=O) groups is 3. The Bertz CT molecular complexity index is 1470. The van der Waals surface area contributed by atoms with Crippen LogP contribution in [0.4, 0.5) is 0 Å². The second-order valence-corrected chi connectivity index (χ2v) is 11.7. The number of carbonyl (C=O) groups excluding carboxylic acids is 3. The molecule has 4 N–H and O–H groups in total. The van der Waals surface area contributed by atoms with Crippen molar-refractivity contribution >= 4 is 17.8 Å². The second-order valence-electron chi connectivity index (χ2n) is 11.7. The Morgan fingerprint density at radius 2 is 1.46 bits per heavy atom. The smallest absolute Gasteiger partial charge is 0.340 e. The van der Waals surface area contributed by atoms with Crippen LogP contribution in [-0.4, -0.2) is 41.1 Å². The molecule has 0 unspecified atom stereocenters. The van der Waals surface area contributed by atoms with E-state index in [-0.39, 0.29) is 45.8 Å². The maximum absolute atomic E-state index is 13.2. The summed E-state index contributed by atoms with van der Waals surface area (Å²) < 4.78 is 12.0. The third-order valence-corrected chi connectivity index (χ3v) is 7.22. The number of phenolic OH excluding ortho intramolecular Hbond substituents is 2. The summed E-state index contributed by atoms with van der Waals surface area (Å²) in [6.07, 6.45) is 2.71. The van der Waals surface area contributed by atoms with E-state index in [0.29, 0.717) is 41.8 Å². The SMILES string of the molecule is CC(C)(C)CNC(=O)CCCCCNC(=O)c1ccc2c(c1)C(=O)OC21c2ccc(O)cc2Oc2cc(O)ccc21. The van der Waals surface area contributed by atoms with Gasteiger partial charge in [-0.15, -0.1) is 0 Å². The van der Waals surface area contributed by atoms with Crippen LogP contribution in [0.5, 0.6) is 23.0 Å². The van der Waals surface area contributed by atoms with Crippen molar-refractivity contribution in [3.8, 4) is 23.0 Å². The number of rotatable bonds is 8. The van der Waals surface area contributed by atoms with Crippen LogP contribution in [0.1, 0.15) is 83.9 Å². The monoisotopic (exact) mass is 558 g/mol. The molecule has 5 rings (SSSR count). The van der Waals surface area contributed by atoms with Crippen molar-refractivity contribution in [2.24, 2.45) is 5.41 Å². The zero-order chi connectivity index (χ0) is 29.4. The van der Waals surface area contributed by atoms with Crippen LogP contribution in [-0.2, 0) is 15.1 Å². The minimum absolute atomic E-state index is 0.0251. The molecule has 9 nitrogen and oxygen atoms in total. The number of hydrogen-bond acceptors (Lipinski definition) is 7. The molecule has 2 aliphatic rings. The van der Waals surface area contributed by atoms with E-state index in [4.69, 9.17) is 9.47 Å². The highest BCUT2D eigenvalue weighted by molar-refractivity contribution is 6.01. The van der Waals surface area contributed by atoms with E-state index < -0.39 is 11.6 Å². The molecule has 2 aliphatic heterocycles. The van der Waals surface area contributed by atoms with E-state index in [1.807, 2.05) is 0 Å². The van der Waals surface area contributed by atoms with Crippen molar-refractivity contribution < 1.29 is 34.1 Å². The van der Waals surface area contributed by atoms with Gasteiger partial charge in [-0.2, -0.15) is 0 Å². The standard InChI is InChI=1S/C32H34N2O7/c1-31(2,3)18-34-28(37)7-5-4-6-14-33-29(38)19-8-11-23-22(15-19)30(39)41-32(23)24-12-9-20(35)16-26(24)40-27-17-21(36)10-13-25(27)32/h8-13,15-17,35-36H,4-7,14,18H2,1-3H3,(H,33,38)(H,34,37). The van der Waals surface area contributed by atoms with E-state index in [9.17, 15) is 24.6 Å². The molecule has 0 fully saturated rings. The first-order valence-electron chi connectivity index (χ1n) is 13.8. The van der Waals surface area contributed by atoms with Gasteiger partial charge in [0.25, 0.3) is 5.91 Å². The first-order chi connectivity index (χ1) is 19.5. The number of nitrogens with one attached hydrogen (secondary N) is 2. The van der Waals surface area contributed by atoms with Crippen LogP contribution in [0.3, 0.4) is 0 Å². The number of benzene rings is 3. The van der Waals surface area contributed by atoms with Gasteiger partial charge in [-0.05, 0) is 54.7 Å². The molecule has 2 heterocycles. The average molecular weight is 559 g/mol. The fraction of sp³-hybridized carbons (Fsp3) is 0.344. The lowest BCUT2D eigenvalue weighted by Gasteiger charge is -2.36. The molecule has 0 aliphatic carbocycles. The summed E-state index contributed by atoms with van der Waals surface area (Å²) in [6.45, 7) is 7.29. The van der Waals surface area contributed by atoms with Gasteiger partial charge in [0.15, 0.2) is 5.60 Å². The van der Waals surface area contributed by atoms with Gasteiger partial charge in [0.1, 0.15) is 23.0 Å². The minimum Gasteiger partial charge on any atom is -0.508 e. The molecule has 9 heteroatoms. The van der Waals surface area contributed by atoms with Crippen molar-refractivity contribution in [3.05, 3.63) is 82.4 Å². The van der Waals surface area contributed by atoms with Crippen LogP contribution in [0.2, 0.25) is 0 Å². The lowest BCUT2D eigenvalue weighted by molar-refractivity contribution is -0.121. The van der Waals surface area contributed by atoms with Crippen molar-refractivity contribution in [2.45, 2.75) is 52.1 Å². The Hall–Kier alpha value is -4.53. The first kappa shape index (κ1) is 28.0. The lowest BCUT2D eigenvalue weighted by atomic mass is 9.77. The molecule has 0 radical (unpaired) electrons. The van der Waals surface area contributed by atoms with Crippen molar-refractivity contribution in [3.63, 3.8) is 0 Å². The van der Waals surface area contributed by atoms with Crippen LogP contribution < -0.4 is 15.4 Å². The van der Waals surface area contributed by atoms with Crippen LogP contribution in [0.15, 0.2) is 54.6 Å². The molecule has 0 saturated carbocycles. The van der Waals surface area contributed by atoms with E-state index in [1.165, 1.54) is 30.3 Å². The summed E-state index contributed by atoms with van der Waals surface area (Å²) in [5, 5.41) is 25.9. The lowest BCUT2D eigenvalue weighted by Crippen LogP contribution is -2.33. The van der Waals surface area contributed by atoms with E-state index in [0.717, 1.165) is 19.3 Å². The molecule has 0 saturated heterocycles. The van der Waals surface area contributed by atoms with Gasteiger partial charge in [-0.25, -0.2) is 4.79 Å². The number of unbranched alkanes of at least 4 members (excludes halogenated alkanes) is 2. The maximum Gasteiger partial charge on any atom is 0.340 e. The van der Waals surface area contributed by atoms with Crippen molar-refractivity contribution in [1.29, 1.82) is 0 Å². The van der Waals surface area contributed by atoms with Gasteiger partial charge < -0.3 is 30.3 Å². The maximum atomic E-state index is 13.2. The van der Waals surface area contributed by atoms with Crippen LogP contribution in [0.25, 0.3) is 0 Å². The number of esters is 1. The summed E-state index contributed by atoms with van der Waals surface area (Å²) in [5.74, 6) is -0.346. The molecule has 3 aromatic rings. The number of hydrogen-bond donors (Lipinski definition) is 4. The van der Waals surface area contributed by atoms with Crippen molar-refractivity contribution in [1.82, 2.24) is 10.6 Å². The zero-order valence-electron chi connectivity index (χ0n) is 23.4. The highest BCUT2D eigenvalue weighted by Gasteiger charge is 2.53. The quantitative estimate of drug-likeness (QED) is 0.223. The third-order valence-electron chi connectivity index (χ3n) is 7.22. The predicted molar refractivity (Wildman–Crippen MR) is 151 cm³/mol. The average Bonchev–Trinajstić information content (AvgIpc) is 3.20. The summed E-state index contributed by atoms with van der Waals surface area (Å²) in [4.78, 5) is 38.1. The minimum atomic E-state index is -1.37. The van der Waals surface area contributed by atoms with E-state index in [1.54, 1.807) is 24.3 Å². The molecule has 214 valence electrons.